The van der Waals surface area contributed by atoms with E-state index >= 15 is 0 Å². The van der Waals surface area contributed by atoms with Crippen molar-refractivity contribution in [3.8, 4) is 5.75 Å². The van der Waals surface area contributed by atoms with Crippen molar-refractivity contribution < 1.29 is 10.2 Å². The van der Waals surface area contributed by atoms with Crippen molar-refractivity contribution in [2.45, 2.75) is 70.7 Å². The number of aromatic nitrogens is 1. The van der Waals surface area contributed by atoms with Gasteiger partial charge in [-0.15, -0.1) is 0 Å². The zero-order valence-electron chi connectivity index (χ0n) is 13.3. The zero-order chi connectivity index (χ0) is 15.7. The summed E-state index contributed by atoms with van der Waals surface area (Å²) in [6.45, 7) is 3.65. The predicted molar refractivity (Wildman–Crippen MR) is 84.9 cm³/mol. The summed E-state index contributed by atoms with van der Waals surface area (Å²) in [5.74, 6) is -0.135. The molecule has 2 N–H and O–H groups in total. The smallest absolute Gasteiger partial charge is 0.223 e. The Labute approximate surface area is 131 Å². The molecule has 0 aromatic carbocycles. The van der Waals surface area contributed by atoms with Gasteiger partial charge in [0.2, 0.25) is 5.43 Å². The highest BCUT2D eigenvalue weighted by Gasteiger charge is 2.31. The summed E-state index contributed by atoms with van der Waals surface area (Å²) in [4.78, 5) is 14.4. The highest BCUT2D eigenvalue weighted by atomic mass is 16.3. The van der Waals surface area contributed by atoms with E-state index in [1.54, 1.807) is 0 Å². The minimum atomic E-state index is -0.374. The van der Waals surface area contributed by atoms with Crippen LogP contribution in [0.4, 0.5) is 0 Å². The number of rotatable bonds is 5. The first-order valence-electron chi connectivity index (χ1n) is 8.46. The van der Waals surface area contributed by atoms with Crippen LogP contribution in [-0.4, -0.2) is 32.3 Å². The third-order valence-electron chi connectivity index (χ3n) is 5.05. The van der Waals surface area contributed by atoms with Crippen molar-refractivity contribution in [3.05, 3.63) is 27.7 Å². The van der Waals surface area contributed by atoms with Crippen LogP contribution in [0.2, 0.25) is 0 Å². The lowest BCUT2D eigenvalue weighted by atomic mass is 9.99. The molecule has 1 aliphatic carbocycles. The molecule has 22 heavy (non-hydrogen) atoms. The van der Waals surface area contributed by atoms with E-state index in [4.69, 9.17) is 0 Å². The predicted octanol–water partition coefficient (Wildman–Crippen LogP) is 2.15. The average molecular weight is 306 g/mol. The van der Waals surface area contributed by atoms with Gasteiger partial charge in [0.05, 0.1) is 12.3 Å². The van der Waals surface area contributed by atoms with Gasteiger partial charge in [-0.1, -0.05) is 13.3 Å². The molecule has 122 valence electrons. The molecule has 1 aromatic heterocycles. The van der Waals surface area contributed by atoms with E-state index in [1.165, 1.54) is 25.3 Å². The van der Waals surface area contributed by atoms with E-state index < -0.39 is 0 Å². The molecule has 5 nitrogen and oxygen atoms in total. The summed E-state index contributed by atoms with van der Waals surface area (Å²) in [6.07, 6.45) is 6.81. The lowest BCUT2D eigenvalue weighted by Gasteiger charge is -2.36. The SMILES string of the molecule is CCC1CCCCN1Cc1c(O)c(=O)cc(CO)n1C1CC1. The molecule has 2 fully saturated rings. The number of hydrogen-bond acceptors (Lipinski definition) is 4. The first kappa shape index (κ1) is 15.6. The van der Waals surface area contributed by atoms with Crippen molar-refractivity contribution in [1.29, 1.82) is 0 Å². The number of pyridine rings is 1. The van der Waals surface area contributed by atoms with E-state index in [0.717, 1.165) is 25.8 Å². The first-order valence-corrected chi connectivity index (χ1v) is 8.46. The summed E-state index contributed by atoms with van der Waals surface area (Å²) in [5, 5.41) is 19.9. The summed E-state index contributed by atoms with van der Waals surface area (Å²) in [5.41, 5.74) is 0.950. The Morgan fingerprint density at radius 2 is 2.05 bits per heavy atom. The maximum atomic E-state index is 12.0. The summed E-state index contributed by atoms with van der Waals surface area (Å²) >= 11 is 0. The van der Waals surface area contributed by atoms with Crippen LogP contribution in [0.3, 0.4) is 0 Å². The third-order valence-corrected chi connectivity index (χ3v) is 5.05. The second kappa shape index (κ2) is 6.42. The number of nitrogens with zero attached hydrogens (tertiary/aromatic N) is 2. The van der Waals surface area contributed by atoms with Gasteiger partial charge >= 0.3 is 0 Å². The fourth-order valence-corrected chi connectivity index (χ4v) is 3.70. The molecule has 1 aromatic rings. The summed E-state index contributed by atoms with van der Waals surface area (Å²) in [6, 6.07) is 2.23. The van der Waals surface area contributed by atoms with Gasteiger partial charge in [-0.3, -0.25) is 9.69 Å². The van der Waals surface area contributed by atoms with E-state index in [1.807, 2.05) is 4.57 Å². The molecule has 0 radical (unpaired) electrons. The second-order valence-electron chi connectivity index (χ2n) is 6.58. The third kappa shape index (κ3) is 2.92. The molecule has 1 saturated carbocycles. The van der Waals surface area contributed by atoms with E-state index in [2.05, 4.69) is 11.8 Å². The lowest BCUT2D eigenvalue weighted by molar-refractivity contribution is 0.130. The topological polar surface area (TPSA) is 65.7 Å². The standard InChI is InChI=1S/C17H26N2O3/c1-2-12-5-3-4-8-18(12)10-15-17(22)16(21)9-14(11-20)19(15)13-6-7-13/h9,12-13,20,22H,2-8,10-11H2,1H3. The van der Waals surface area contributed by atoms with Crippen LogP contribution in [-0.2, 0) is 13.2 Å². The van der Waals surface area contributed by atoms with Crippen LogP contribution in [0.5, 0.6) is 5.75 Å². The van der Waals surface area contributed by atoms with Crippen molar-refractivity contribution in [3.63, 3.8) is 0 Å². The molecule has 1 aliphatic heterocycles. The summed E-state index contributed by atoms with van der Waals surface area (Å²) in [7, 11) is 0. The number of hydrogen-bond donors (Lipinski definition) is 2. The number of piperidine rings is 1. The summed E-state index contributed by atoms with van der Waals surface area (Å²) < 4.78 is 2.01. The molecule has 1 saturated heterocycles. The zero-order valence-corrected chi connectivity index (χ0v) is 13.3. The Hall–Kier alpha value is -1.33. The Kier molecular flexibility index (Phi) is 4.54. The molecule has 1 atom stereocenters. The molecular weight excluding hydrogens is 280 g/mol. The molecule has 0 bridgehead atoms. The number of likely N-dealkylation sites (tertiary alicyclic amines) is 1. The van der Waals surface area contributed by atoms with Crippen LogP contribution in [0.15, 0.2) is 10.9 Å². The van der Waals surface area contributed by atoms with Gasteiger partial charge < -0.3 is 14.8 Å². The van der Waals surface area contributed by atoms with Gasteiger partial charge in [-0.2, -0.15) is 0 Å². The van der Waals surface area contributed by atoms with Crippen LogP contribution >= 0.6 is 0 Å². The fraction of sp³-hybridized carbons (Fsp3) is 0.706. The van der Waals surface area contributed by atoms with Crippen LogP contribution in [0, 0.1) is 0 Å². The van der Waals surface area contributed by atoms with Crippen LogP contribution in [0.25, 0.3) is 0 Å². The monoisotopic (exact) mass is 306 g/mol. The number of aliphatic hydroxyl groups is 1. The number of aliphatic hydroxyl groups excluding tert-OH is 1. The number of aromatic hydroxyl groups is 1. The molecule has 0 amide bonds. The normalized spacial score (nSPS) is 22.9. The maximum absolute atomic E-state index is 12.0. The highest BCUT2D eigenvalue weighted by molar-refractivity contribution is 5.31. The van der Waals surface area contributed by atoms with Gasteiger partial charge in [0, 0.05) is 30.4 Å². The largest absolute Gasteiger partial charge is 0.503 e. The van der Waals surface area contributed by atoms with E-state index in [0.29, 0.717) is 30.0 Å². The molecule has 5 heteroatoms. The van der Waals surface area contributed by atoms with E-state index in [9.17, 15) is 15.0 Å². The minimum absolute atomic E-state index is 0.135. The Balaban J connectivity index is 1.97. The second-order valence-corrected chi connectivity index (χ2v) is 6.58. The van der Waals surface area contributed by atoms with Gasteiger partial charge in [0.1, 0.15) is 0 Å². The van der Waals surface area contributed by atoms with Gasteiger partial charge in [-0.25, -0.2) is 0 Å². The molecule has 1 unspecified atom stereocenters. The van der Waals surface area contributed by atoms with Crippen molar-refractivity contribution >= 4 is 0 Å². The van der Waals surface area contributed by atoms with Gasteiger partial charge in [0.15, 0.2) is 5.75 Å². The molecule has 3 rings (SSSR count). The highest BCUT2D eigenvalue weighted by Crippen LogP contribution is 2.39. The molecular formula is C17H26N2O3. The van der Waals surface area contributed by atoms with Crippen LogP contribution in [0.1, 0.15) is 62.9 Å². The van der Waals surface area contributed by atoms with Crippen molar-refractivity contribution in [2.24, 2.45) is 0 Å². The van der Waals surface area contributed by atoms with Crippen molar-refractivity contribution in [1.82, 2.24) is 9.47 Å². The Bertz CT molecular complexity index is 592. The quantitative estimate of drug-likeness (QED) is 0.875. The average Bonchev–Trinajstić information content (AvgIpc) is 3.36. The van der Waals surface area contributed by atoms with Crippen LogP contribution < -0.4 is 5.43 Å². The molecule has 0 spiro atoms. The minimum Gasteiger partial charge on any atom is -0.503 e. The van der Waals surface area contributed by atoms with Crippen molar-refractivity contribution in [2.75, 3.05) is 6.54 Å². The van der Waals surface area contributed by atoms with Gasteiger partial charge in [-0.05, 0) is 38.6 Å². The Morgan fingerprint density at radius 3 is 2.68 bits per heavy atom. The van der Waals surface area contributed by atoms with Gasteiger partial charge in [0.25, 0.3) is 0 Å². The molecule has 2 heterocycles. The van der Waals surface area contributed by atoms with E-state index in [-0.39, 0.29) is 17.8 Å². The molecule has 2 aliphatic rings. The lowest BCUT2D eigenvalue weighted by Crippen LogP contribution is -2.39. The Morgan fingerprint density at radius 1 is 1.27 bits per heavy atom. The fourth-order valence-electron chi connectivity index (χ4n) is 3.70. The maximum Gasteiger partial charge on any atom is 0.223 e. The first-order chi connectivity index (χ1) is 10.7.